The summed E-state index contributed by atoms with van der Waals surface area (Å²) in [5, 5.41) is 0. The zero-order chi connectivity index (χ0) is 15.6. The monoisotopic (exact) mass is 356 g/mol. The highest BCUT2D eigenvalue weighted by atomic mass is 79.9. The number of hydrogen-bond acceptors (Lipinski definition) is 3. The van der Waals surface area contributed by atoms with Gasteiger partial charge in [0.25, 0.3) is 0 Å². The van der Waals surface area contributed by atoms with Crippen LogP contribution in [0.15, 0.2) is 22.8 Å². The molecule has 1 aliphatic rings. The number of rotatable bonds is 1. The van der Waals surface area contributed by atoms with Gasteiger partial charge in [0.05, 0.1) is 11.9 Å². The zero-order valence-corrected chi connectivity index (χ0v) is 13.9. The molecule has 4 nitrogen and oxygen atoms in total. The highest BCUT2D eigenvalue weighted by Gasteiger charge is 2.24. The molecule has 0 unspecified atom stereocenters. The average Bonchev–Trinajstić information content (AvgIpc) is 2.37. The molecule has 0 radical (unpaired) electrons. The van der Waals surface area contributed by atoms with E-state index >= 15 is 0 Å². The smallest absolute Gasteiger partial charge is 0.410 e. The van der Waals surface area contributed by atoms with E-state index in [0.29, 0.717) is 24.0 Å². The average molecular weight is 357 g/mol. The molecule has 0 saturated carbocycles. The lowest BCUT2D eigenvalue weighted by molar-refractivity contribution is 0.0270. The third kappa shape index (κ3) is 4.27. The van der Waals surface area contributed by atoms with Crippen LogP contribution >= 0.6 is 15.9 Å². The third-order valence-electron chi connectivity index (χ3n) is 2.97. The molecular weight excluding hydrogens is 339 g/mol. The molecule has 1 aromatic rings. The van der Waals surface area contributed by atoms with Crippen molar-refractivity contribution in [3.63, 3.8) is 0 Å². The van der Waals surface area contributed by atoms with E-state index in [2.05, 4.69) is 20.9 Å². The maximum atomic E-state index is 13.1. The molecule has 2 rings (SSSR count). The summed E-state index contributed by atoms with van der Waals surface area (Å²) in [6.07, 6.45) is 3.47. The van der Waals surface area contributed by atoms with E-state index in [1.807, 2.05) is 26.8 Å². The summed E-state index contributed by atoms with van der Waals surface area (Å²) in [6.45, 7) is 6.56. The van der Waals surface area contributed by atoms with E-state index in [0.717, 1.165) is 11.3 Å². The number of hydrogen-bond donors (Lipinski definition) is 0. The Balaban J connectivity index is 2.07. The first-order valence-electron chi connectivity index (χ1n) is 6.74. The highest BCUT2D eigenvalue weighted by molar-refractivity contribution is 9.10. The van der Waals surface area contributed by atoms with Crippen molar-refractivity contribution in [1.29, 1.82) is 0 Å². The Kier molecular flexibility index (Phi) is 4.66. The largest absolute Gasteiger partial charge is 0.444 e. The molecule has 21 heavy (non-hydrogen) atoms. The fourth-order valence-corrected chi connectivity index (χ4v) is 2.60. The van der Waals surface area contributed by atoms with Crippen LogP contribution in [0.3, 0.4) is 0 Å². The Morgan fingerprint density at radius 3 is 2.71 bits per heavy atom. The van der Waals surface area contributed by atoms with Gasteiger partial charge < -0.3 is 9.64 Å². The summed E-state index contributed by atoms with van der Waals surface area (Å²) in [7, 11) is 0. The van der Waals surface area contributed by atoms with Crippen molar-refractivity contribution >= 4 is 27.6 Å². The van der Waals surface area contributed by atoms with E-state index in [9.17, 15) is 9.18 Å². The highest BCUT2D eigenvalue weighted by Crippen LogP contribution is 2.28. The maximum absolute atomic E-state index is 13.1. The van der Waals surface area contributed by atoms with Crippen molar-refractivity contribution in [2.24, 2.45) is 0 Å². The Bertz CT molecular complexity index is 582. The lowest BCUT2D eigenvalue weighted by Crippen LogP contribution is -2.39. The van der Waals surface area contributed by atoms with E-state index in [1.165, 1.54) is 12.3 Å². The number of ether oxygens (including phenoxy) is 1. The van der Waals surface area contributed by atoms with Crippen molar-refractivity contribution in [3.8, 4) is 0 Å². The van der Waals surface area contributed by atoms with Gasteiger partial charge in [-0.1, -0.05) is 6.08 Å². The molecule has 0 saturated heterocycles. The van der Waals surface area contributed by atoms with Gasteiger partial charge in [-0.05, 0) is 54.8 Å². The molecule has 0 spiro atoms. The minimum Gasteiger partial charge on any atom is -0.444 e. The number of halogens is 2. The molecule has 1 amide bonds. The molecule has 114 valence electrons. The SMILES string of the molecule is CC(C)(C)OC(=O)N1CC=C(c2ncc(F)cc2Br)CC1. The molecule has 0 aliphatic carbocycles. The van der Waals surface area contributed by atoms with Crippen LogP contribution in [0.25, 0.3) is 5.57 Å². The van der Waals surface area contributed by atoms with Crippen molar-refractivity contribution in [2.45, 2.75) is 32.8 Å². The van der Waals surface area contributed by atoms with Gasteiger partial charge in [0.15, 0.2) is 0 Å². The minimum absolute atomic E-state index is 0.316. The summed E-state index contributed by atoms with van der Waals surface area (Å²) < 4.78 is 19.0. The minimum atomic E-state index is -0.497. The number of carbonyl (C=O) groups is 1. The molecule has 2 heterocycles. The number of carbonyl (C=O) groups excluding carboxylic acids is 1. The molecule has 1 aliphatic heterocycles. The van der Waals surface area contributed by atoms with Gasteiger partial charge in [-0.15, -0.1) is 0 Å². The van der Waals surface area contributed by atoms with Crippen molar-refractivity contribution < 1.29 is 13.9 Å². The molecular formula is C15H18BrFN2O2. The number of aromatic nitrogens is 1. The molecule has 1 aromatic heterocycles. The summed E-state index contributed by atoms with van der Waals surface area (Å²) in [5.74, 6) is -0.377. The van der Waals surface area contributed by atoms with Gasteiger partial charge in [0.2, 0.25) is 0 Å². The van der Waals surface area contributed by atoms with Crippen LogP contribution < -0.4 is 0 Å². The fourth-order valence-electron chi connectivity index (χ4n) is 2.03. The predicted octanol–water partition coefficient (Wildman–Crippen LogP) is 4.01. The molecule has 0 aromatic carbocycles. The van der Waals surface area contributed by atoms with Crippen molar-refractivity contribution in [3.05, 3.63) is 34.3 Å². The fraction of sp³-hybridized carbons (Fsp3) is 0.467. The predicted molar refractivity (Wildman–Crippen MR) is 82.3 cm³/mol. The summed E-state index contributed by atoms with van der Waals surface area (Å²) in [6, 6.07) is 1.39. The first-order chi connectivity index (χ1) is 9.76. The zero-order valence-electron chi connectivity index (χ0n) is 12.3. The second-order valence-corrected chi connectivity index (χ2v) is 6.74. The van der Waals surface area contributed by atoms with Gasteiger partial charge >= 0.3 is 6.09 Å². The van der Waals surface area contributed by atoms with E-state index < -0.39 is 5.60 Å². The lowest BCUT2D eigenvalue weighted by Gasteiger charge is -2.29. The second-order valence-electron chi connectivity index (χ2n) is 5.89. The van der Waals surface area contributed by atoms with Crippen molar-refractivity contribution in [1.82, 2.24) is 9.88 Å². The Labute approximate surface area is 132 Å². The number of amides is 1. The first kappa shape index (κ1) is 15.9. The number of nitrogens with zero attached hydrogens (tertiary/aromatic N) is 2. The van der Waals surface area contributed by atoms with Gasteiger partial charge in [0, 0.05) is 17.6 Å². The topological polar surface area (TPSA) is 42.4 Å². The molecule has 0 fully saturated rings. The first-order valence-corrected chi connectivity index (χ1v) is 7.54. The summed E-state index contributed by atoms with van der Waals surface area (Å²) >= 11 is 3.32. The van der Waals surface area contributed by atoms with Crippen LogP contribution in [0.1, 0.15) is 32.9 Å². The van der Waals surface area contributed by atoms with Gasteiger partial charge in [-0.25, -0.2) is 9.18 Å². The summed E-state index contributed by atoms with van der Waals surface area (Å²) in [4.78, 5) is 17.7. The van der Waals surface area contributed by atoms with E-state index in [4.69, 9.17) is 4.74 Å². The Morgan fingerprint density at radius 1 is 1.48 bits per heavy atom. The second kappa shape index (κ2) is 6.13. The van der Waals surface area contributed by atoms with Crippen molar-refractivity contribution in [2.75, 3.05) is 13.1 Å². The third-order valence-corrected chi connectivity index (χ3v) is 3.58. The quantitative estimate of drug-likeness (QED) is 0.763. The lowest BCUT2D eigenvalue weighted by atomic mass is 10.0. The van der Waals surface area contributed by atoms with Gasteiger partial charge in [-0.3, -0.25) is 4.98 Å². The normalized spacial score (nSPS) is 15.7. The molecule has 0 N–H and O–H groups in total. The number of pyridine rings is 1. The molecule has 0 bridgehead atoms. The molecule has 6 heteroatoms. The molecule has 0 atom stereocenters. The van der Waals surface area contributed by atoms with Crippen LogP contribution in [0.4, 0.5) is 9.18 Å². The van der Waals surface area contributed by atoms with E-state index in [-0.39, 0.29) is 11.9 Å². The van der Waals surface area contributed by atoms with Gasteiger partial charge in [-0.2, -0.15) is 0 Å². The van der Waals surface area contributed by atoms with Crippen LogP contribution in [-0.4, -0.2) is 34.7 Å². The van der Waals surface area contributed by atoms with Crippen LogP contribution in [0.2, 0.25) is 0 Å². The maximum Gasteiger partial charge on any atom is 0.410 e. The van der Waals surface area contributed by atoms with Crippen LogP contribution in [-0.2, 0) is 4.74 Å². The van der Waals surface area contributed by atoms with E-state index in [1.54, 1.807) is 4.90 Å². The Hall–Kier alpha value is -1.43. The Morgan fingerprint density at radius 2 is 2.19 bits per heavy atom. The standard InChI is InChI=1S/C15H18BrFN2O2/c1-15(2,3)21-14(20)19-6-4-10(5-7-19)13-12(16)8-11(17)9-18-13/h4,8-9H,5-7H2,1-3H3. The van der Waals surface area contributed by atoms with Crippen LogP contribution in [0.5, 0.6) is 0 Å². The van der Waals surface area contributed by atoms with Gasteiger partial charge in [0.1, 0.15) is 11.4 Å². The summed E-state index contributed by atoms with van der Waals surface area (Å²) in [5.41, 5.74) is 1.23. The van der Waals surface area contributed by atoms with Crippen LogP contribution in [0, 0.1) is 5.82 Å².